The van der Waals surface area contributed by atoms with E-state index in [1.807, 2.05) is 6.92 Å². The number of hydrogen-bond acceptors (Lipinski definition) is 13. The average Bonchev–Trinajstić information content (AvgIpc) is 3.59. The van der Waals surface area contributed by atoms with Gasteiger partial charge in [-0.25, -0.2) is 5.43 Å². The van der Waals surface area contributed by atoms with Crippen LogP contribution in [0.2, 0.25) is 0 Å². The van der Waals surface area contributed by atoms with Crippen molar-refractivity contribution in [1.29, 1.82) is 0 Å². The maximum Gasteiger partial charge on any atom is 0.324 e. The first kappa shape index (κ1) is 47.8. The molecule has 2 N–H and O–H groups in total. The molecule has 7 aliphatic rings. The van der Waals surface area contributed by atoms with Crippen LogP contribution in [0.25, 0.3) is 22.2 Å². The first-order chi connectivity index (χ1) is 32.8. The highest BCUT2D eigenvalue weighted by Crippen LogP contribution is 2.47. The number of nitrogens with one attached hydrogen (secondary N) is 2. The lowest BCUT2D eigenvalue weighted by atomic mass is 9.79. The number of rotatable bonds is 10. The van der Waals surface area contributed by atoms with Crippen molar-refractivity contribution >= 4 is 45.5 Å². The van der Waals surface area contributed by atoms with Crippen LogP contribution >= 0.6 is 11.8 Å². The predicted molar refractivity (Wildman–Crippen MR) is 261 cm³/mol. The monoisotopic (exact) mass is 954 g/mol. The van der Waals surface area contributed by atoms with Crippen molar-refractivity contribution in [3.05, 3.63) is 52.8 Å². The highest BCUT2D eigenvalue weighted by molar-refractivity contribution is 8.14. The van der Waals surface area contributed by atoms with E-state index in [4.69, 9.17) is 33.7 Å². The van der Waals surface area contributed by atoms with Crippen molar-refractivity contribution in [3.63, 3.8) is 0 Å². The van der Waals surface area contributed by atoms with Gasteiger partial charge in [0.15, 0.2) is 0 Å². The van der Waals surface area contributed by atoms with Gasteiger partial charge in [-0.15, -0.1) is 11.8 Å². The number of aliphatic imine (C=N–C) groups is 1. The Morgan fingerprint density at radius 2 is 1.76 bits per heavy atom. The zero-order valence-electron chi connectivity index (χ0n) is 41.1. The first-order valence-corrected chi connectivity index (χ1v) is 26.2. The van der Waals surface area contributed by atoms with Crippen LogP contribution in [0.15, 0.2) is 35.5 Å². The third kappa shape index (κ3) is 8.93. The standard InChI is InChI=1S/C52H71N7O8S/c1-9-57-42-14-13-31-18-37(42)39(46(57)38-19-33(21-53-44(38)30(5)63-8)32-16-34-22-64-23-35(17-32)59(34)36-24-65-25-36)20-52(6,7)27-67-51(62)40-12-11-15-58(56-40)50(61)45(55-48(60)43-28(3)29(43)4)47(66-10-2)49-54-41(31)26-68-49/h13-14,18-19,21,28-30,32,34-36,40-41,43,45,47,56H,9-12,15-17,20,22-27H2,1-8H3,(H,55,60)/t28-,29+,30-,34-,35-,40-,41?,43?,45-,47-/m0/s1. The summed E-state index contributed by atoms with van der Waals surface area (Å²) in [5.41, 5.74) is 10.4. The molecule has 1 aliphatic carbocycles. The SMILES string of the molecule is CCO[C@@H]1C2=NC(CS2)c2ccc3c(c2)c(c(-c2cc(C4C[C@H]5COC[C@H](C4)N5C4COC4)cnc2[C@H](C)OC)n3CC)CC(C)(C)COC(=O)[C@@H]2CCCN(N2)C(=O)[C@H]1NC(=O)C1[C@@H](C)[C@H]1C. The van der Waals surface area contributed by atoms with Crippen LogP contribution in [0.5, 0.6) is 0 Å². The normalized spacial score (nSPS) is 32.5. The summed E-state index contributed by atoms with van der Waals surface area (Å²) in [6, 6.07) is 8.27. The van der Waals surface area contributed by atoms with E-state index >= 15 is 0 Å². The number of aromatic nitrogens is 2. The van der Waals surface area contributed by atoms with Crippen LogP contribution in [0, 0.1) is 23.2 Å². The molecule has 8 bridgehead atoms. The van der Waals surface area contributed by atoms with Crippen molar-refractivity contribution in [2.24, 2.45) is 28.2 Å². The molecule has 5 fully saturated rings. The third-order valence-corrected chi connectivity index (χ3v) is 17.3. The lowest BCUT2D eigenvalue weighted by molar-refractivity contribution is -0.159. The van der Waals surface area contributed by atoms with E-state index in [0.717, 1.165) is 79.2 Å². The Balaban J connectivity index is 1.09. The smallest absolute Gasteiger partial charge is 0.324 e. The van der Waals surface area contributed by atoms with Gasteiger partial charge in [0, 0.05) is 78.6 Å². The molecule has 368 valence electrons. The summed E-state index contributed by atoms with van der Waals surface area (Å²) in [4.78, 5) is 55.9. The molecule has 2 aromatic heterocycles. The fourth-order valence-electron chi connectivity index (χ4n) is 12.1. The van der Waals surface area contributed by atoms with Crippen molar-refractivity contribution in [3.8, 4) is 11.3 Å². The van der Waals surface area contributed by atoms with Gasteiger partial charge in [-0.05, 0) is 106 Å². The predicted octanol–water partition coefficient (Wildman–Crippen LogP) is 6.38. The minimum absolute atomic E-state index is 0.162. The molecule has 6 aliphatic heterocycles. The molecule has 3 aromatic rings. The molecule has 15 nitrogen and oxygen atoms in total. The first-order valence-electron chi connectivity index (χ1n) is 25.3. The van der Waals surface area contributed by atoms with Crippen molar-refractivity contribution in [2.45, 2.75) is 141 Å². The Hall–Kier alpha value is -3.90. The summed E-state index contributed by atoms with van der Waals surface area (Å²) in [5, 5.41) is 6.43. The van der Waals surface area contributed by atoms with Crippen LogP contribution in [-0.2, 0) is 51.0 Å². The quantitative estimate of drug-likeness (QED) is 0.217. The van der Waals surface area contributed by atoms with E-state index in [1.165, 1.54) is 16.1 Å². The Morgan fingerprint density at radius 1 is 1.03 bits per heavy atom. The van der Waals surface area contributed by atoms with Gasteiger partial charge in [0.2, 0.25) is 5.91 Å². The second-order valence-corrected chi connectivity index (χ2v) is 22.3. The molecule has 2 unspecified atom stereocenters. The zero-order valence-corrected chi connectivity index (χ0v) is 41.9. The van der Waals surface area contributed by atoms with Gasteiger partial charge < -0.3 is 33.6 Å². The highest BCUT2D eigenvalue weighted by atomic mass is 32.2. The topological polar surface area (TPSA) is 158 Å². The Bertz CT molecular complexity index is 2420. The van der Waals surface area contributed by atoms with E-state index in [0.29, 0.717) is 67.3 Å². The molecule has 1 aromatic carbocycles. The summed E-state index contributed by atoms with van der Waals surface area (Å²) in [5.74, 6) is 0.318. The minimum atomic E-state index is -1.05. The molecule has 0 spiro atoms. The summed E-state index contributed by atoms with van der Waals surface area (Å²) in [6.45, 7) is 19.3. The average molecular weight is 954 g/mol. The van der Waals surface area contributed by atoms with Crippen LogP contribution < -0.4 is 10.7 Å². The molecular formula is C52H71N7O8S. The maximum absolute atomic E-state index is 14.7. The third-order valence-electron chi connectivity index (χ3n) is 16.2. The number of aryl methyl sites for hydroxylation is 1. The van der Waals surface area contributed by atoms with E-state index in [2.05, 4.69) is 92.2 Å². The number of cyclic esters (lactones) is 1. The molecule has 16 heteroatoms. The van der Waals surface area contributed by atoms with Gasteiger partial charge in [-0.1, -0.05) is 33.8 Å². The van der Waals surface area contributed by atoms with Gasteiger partial charge in [0.05, 0.1) is 62.6 Å². The number of amides is 2. The number of fused-ring (bicyclic) bond motifs is 7. The van der Waals surface area contributed by atoms with Crippen LogP contribution in [0.3, 0.4) is 0 Å². The molecule has 4 saturated heterocycles. The Morgan fingerprint density at radius 3 is 2.44 bits per heavy atom. The largest absolute Gasteiger partial charge is 0.464 e. The van der Waals surface area contributed by atoms with Crippen LogP contribution in [0.1, 0.15) is 115 Å². The number of esters is 1. The summed E-state index contributed by atoms with van der Waals surface area (Å²) in [6.07, 6.45) is 4.72. The van der Waals surface area contributed by atoms with E-state index in [1.54, 1.807) is 18.9 Å². The van der Waals surface area contributed by atoms with Crippen molar-refractivity contribution in [2.75, 3.05) is 59.0 Å². The van der Waals surface area contributed by atoms with Crippen LogP contribution in [-0.4, -0.2) is 138 Å². The molecule has 1 saturated carbocycles. The van der Waals surface area contributed by atoms with E-state index in [-0.39, 0.29) is 48.3 Å². The number of carbonyl (C=O) groups is 3. The molecule has 8 heterocycles. The van der Waals surface area contributed by atoms with Gasteiger partial charge in [0.1, 0.15) is 23.2 Å². The molecule has 68 heavy (non-hydrogen) atoms. The lowest BCUT2D eigenvalue weighted by Crippen LogP contribution is -2.64. The van der Waals surface area contributed by atoms with Gasteiger partial charge in [0.25, 0.3) is 5.91 Å². The number of piperidine rings is 1. The number of ether oxygens (including phenoxy) is 5. The fourth-order valence-corrected chi connectivity index (χ4v) is 13.2. The minimum Gasteiger partial charge on any atom is -0.464 e. The molecule has 0 radical (unpaired) electrons. The Kier molecular flexibility index (Phi) is 13.6. The number of nitrogens with zero attached hydrogens (tertiary/aromatic N) is 5. The molecule has 10 atom stereocenters. The zero-order chi connectivity index (χ0) is 47.6. The Labute approximate surface area is 405 Å². The van der Waals surface area contributed by atoms with Gasteiger partial charge in [-0.2, -0.15) is 0 Å². The number of hydrogen-bond donors (Lipinski definition) is 2. The number of methoxy groups -OCH3 is 1. The molecule has 2 amide bonds. The maximum atomic E-state index is 14.7. The summed E-state index contributed by atoms with van der Waals surface area (Å²) >= 11 is 1.58. The lowest BCUT2D eigenvalue weighted by Gasteiger charge is -2.53. The van der Waals surface area contributed by atoms with Crippen LogP contribution in [0.4, 0.5) is 0 Å². The molecular weight excluding hydrogens is 883 g/mol. The van der Waals surface area contributed by atoms with Gasteiger partial charge in [-0.3, -0.25) is 34.3 Å². The van der Waals surface area contributed by atoms with Crippen molar-refractivity contribution < 1.29 is 38.1 Å². The van der Waals surface area contributed by atoms with E-state index < -0.39 is 29.6 Å². The number of morpholine rings is 1. The summed E-state index contributed by atoms with van der Waals surface area (Å²) in [7, 11) is 1.75. The second kappa shape index (κ2) is 19.4. The number of benzene rings is 1. The number of thioether (sulfide) groups is 1. The number of pyridine rings is 1. The summed E-state index contributed by atoms with van der Waals surface area (Å²) < 4.78 is 33.0. The fraction of sp³-hybridized carbons (Fsp3) is 0.673. The number of carbonyl (C=O) groups excluding carboxylic acids is 3. The van der Waals surface area contributed by atoms with E-state index in [9.17, 15) is 14.4 Å². The van der Waals surface area contributed by atoms with Crippen molar-refractivity contribution in [1.82, 2.24) is 30.2 Å². The van der Waals surface area contributed by atoms with Gasteiger partial charge >= 0.3 is 5.97 Å². The second-order valence-electron chi connectivity index (χ2n) is 21.2. The molecule has 10 rings (SSSR count). The number of hydrazine groups is 1. The highest BCUT2D eigenvalue weighted by Gasteiger charge is 2.51.